The summed E-state index contributed by atoms with van der Waals surface area (Å²) in [6.45, 7) is 29.3. The summed E-state index contributed by atoms with van der Waals surface area (Å²) in [6.07, 6.45) is 8.21. The number of primary amides is 1. The van der Waals surface area contributed by atoms with E-state index in [2.05, 4.69) is 32.7 Å². The van der Waals surface area contributed by atoms with Gasteiger partial charge in [0.05, 0.1) is 29.4 Å². The van der Waals surface area contributed by atoms with Crippen molar-refractivity contribution in [1.29, 1.82) is 0 Å². The lowest BCUT2D eigenvalue weighted by atomic mass is 9.94. The van der Waals surface area contributed by atoms with E-state index in [0.717, 1.165) is 30.2 Å². The van der Waals surface area contributed by atoms with Crippen molar-refractivity contribution < 1.29 is 57.4 Å². The Balaban J connectivity index is 0.00000103. The Morgan fingerprint density at radius 1 is 0.985 bits per heavy atom. The quantitative estimate of drug-likeness (QED) is 0.0340. The van der Waals surface area contributed by atoms with Gasteiger partial charge in [-0.25, -0.2) is 4.39 Å². The molecule has 3 saturated heterocycles. The molecule has 1 aromatic carbocycles. The number of alkyl halides is 1. The third-order valence-corrected chi connectivity index (χ3v) is 12.4. The number of hydrogen-bond acceptors (Lipinski definition) is 12. The van der Waals surface area contributed by atoms with E-state index in [9.17, 15) is 24.0 Å². The number of thiophene rings is 1. The zero-order valence-electron chi connectivity index (χ0n) is 41.3. The van der Waals surface area contributed by atoms with Crippen molar-refractivity contribution in [1.82, 2.24) is 14.7 Å². The minimum Gasteiger partial charge on any atom is -0.438 e. The lowest BCUT2D eigenvalue weighted by Gasteiger charge is -2.39. The van der Waals surface area contributed by atoms with E-state index in [0.29, 0.717) is 67.3 Å². The van der Waals surface area contributed by atoms with Gasteiger partial charge in [0.2, 0.25) is 12.3 Å². The van der Waals surface area contributed by atoms with E-state index in [-0.39, 0.29) is 28.3 Å². The first-order valence-corrected chi connectivity index (χ1v) is 24.4. The molecular weight excluding hydrogens is 879 g/mol. The van der Waals surface area contributed by atoms with Crippen LogP contribution in [0.3, 0.4) is 0 Å². The zero-order valence-corrected chi connectivity index (χ0v) is 43.0. The van der Waals surface area contributed by atoms with Crippen LogP contribution in [-0.2, 0) is 42.7 Å². The number of fused-ring (bicyclic) bond motifs is 1. The third-order valence-electron chi connectivity index (χ3n) is 10.0. The second-order valence-electron chi connectivity index (χ2n) is 18.3. The van der Waals surface area contributed by atoms with Gasteiger partial charge in [0, 0.05) is 37.3 Å². The number of carbonyl (C=O) groups is 5. The van der Waals surface area contributed by atoms with Crippen LogP contribution in [0.5, 0.6) is 0 Å². The Kier molecular flexibility index (Phi) is 29.7. The Bertz CT molecular complexity index is 1730. The van der Waals surface area contributed by atoms with Gasteiger partial charge in [-0.05, 0) is 120 Å². The molecule has 0 aliphatic carbocycles. The predicted molar refractivity (Wildman–Crippen MR) is 258 cm³/mol. The molecule has 2 unspecified atom stereocenters. The number of likely N-dealkylation sites (tertiary alicyclic amines) is 2. The summed E-state index contributed by atoms with van der Waals surface area (Å²) in [6, 6.07) is 6.49. The number of hydrogen-bond donors (Lipinski definition) is 1. The molecule has 3 atom stereocenters. The summed E-state index contributed by atoms with van der Waals surface area (Å²) in [5, 5.41) is 0.674. The minimum absolute atomic E-state index is 0. The molecule has 3 amide bonds. The Morgan fingerprint density at radius 2 is 1.58 bits per heavy atom. The van der Waals surface area contributed by atoms with Gasteiger partial charge in [0.1, 0.15) is 12.0 Å². The van der Waals surface area contributed by atoms with Crippen molar-refractivity contribution in [3.8, 4) is 0 Å². The van der Waals surface area contributed by atoms with Crippen molar-refractivity contribution in [3.63, 3.8) is 0 Å². The van der Waals surface area contributed by atoms with Gasteiger partial charge in [-0.3, -0.25) is 23.7 Å². The summed E-state index contributed by atoms with van der Waals surface area (Å²) in [5.74, 6) is -0.700. The maximum atomic E-state index is 15.5. The van der Waals surface area contributed by atoms with Gasteiger partial charge in [-0.2, -0.15) is 0 Å². The lowest BCUT2D eigenvalue weighted by molar-refractivity contribution is -0.179. The minimum atomic E-state index is -2.29. The molecule has 4 N–H and O–H groups in total. The van der Waals surface area contributed by atoms with Crippen LogP contribution in [0.1, 0.15) is 130 Å². The molecule has 4 heterocycles. The molecule has 3 aliphatic rings. The van der Waals surface area contributed by atoms with E-state index in [1.807, 2.05) is 45.6 Å². The molecule has 0 spiro atoms. The molecule has 18 heteroatoms. The van der Waals surface area contributed by atoms with Crippen LogP contribution in [0.4, 0.5) is 4.39 Å². The van der Waals surface area contributed by atoms with Crippen LogP contribution < -0.4 is 5.73 Å². The van der Waals surface area contributed by atoms with Gasteiger partial charge < -0.3 is 45.1 Å². The molecule has 65 heavy (non-hydrogen) atoms. The van der Waals surface area contributed by atoms with E-state index < -0.39 is 38.4 Å². The number of nitrogens with zero attached hydrogens (tertiary/aromatic N) is 3. The first kappa shape index (κ1) is 61.4. The number of aldehydes is 1. The molecule has 5 rings (SSSR count). The molecule has 0 bridgehead atoms. The highest BCUT2D eigenvalue weighted by molar-refractivity contribution is 7.47. The van der Waals surface area contributed by atoms with Crippen molar-refractivity contribution in [2.45, 2.75) is 115 Å². The van der Waals surface area contributed by atoms with Crippen molar-refractivity contribution in [2.24, 2.45) is 34.3 Å². The highest BCUT2D eigenvalue weighted by Gasteiger charge is 2.35. The summed E-state index contributed by atoms with van der Waals surface area (Å²) in [5.41, 5.74) is 4.71. The highest BCUT2D eigenvalue weighted by Crippen LogP contribution is 2.55. The van der Waals surface area contributed by atoms with Crippen LogP contribution in [0, 0.1) is 28.6 Å². The Labute approximate surface area is 393 Å². The fourth-order valence-electron chi connectivity index (χ4n) is 5.99. The Morgan fingerprint density at radius 3 is 2.06 bits per heavy atom. The van der Waals surface area contributed by atoms with Gasteiger partial charge >= 0.3 is 5.97 Å². The van der Waals surface area contributed by atoms with Crippen LogP contribution in [-0.4, -0.2) is 117 Å². The fraction of sp³-hybridized carbons (Fsp3) is 0.681. The van der Waals surface area contributed by atoms with Gasteiger partial charge in [-0.1, -0.05) is 61.5 Å². The van der Waals surface area contributed by atoms with E-state index in [4.69, 9.17) is 29.3 Å². The van der Waals surface area contributed by atoms with Crippen molar-refractivity contribution >= 4 is 60.3 Å². The van der Waals surface area contributed by atoms with E-state index >= 15 is 4.39 Å². The van der Waals surface area contributed by atoms with Gasteiger partial charge in [0.25, 0.3) is 14.3 Å². The number of halogens is 1. The molecule has 0 saturated carbocycles. The molecule has 2 aromatic rings. The number of amides is 3. The number of morpholine rings is 1. The predicted octanol–water partition coefficient (Wildman–Crippen LogP) is 8.85. The number of esters is 1. The normalized spacial score (nSPS) is 16.8. The highest BCUT2D eigenvalue weighted by atomic mass is 32.1. The number of allylic oxidation sites excluding steroid dienone is 2. The van der Waals surface area contributed by atoms with Gasteiger partial charge in [-0.15, -0.1) is 16.0 Å². The SMILES string of the molecule is C/C(=C/C(C)(C)C)OOP(OCOC(=O)C(C)(C)C)C(F)c1ccc2sc(C(N)=O)cc2c1.CC.CC(C)[C@@H](C)CCC=O.CN1CCCC1.O.O=CN1CC(C(=O)N2CCOCC2)C1. The number of nitrogens with two attached hydrogens (primary N) is 1. The average Bonchev–Trinajstić information content (AvgIpc) is 3.90. The molecular formula is C47H80FN4O11PS. The number of carbonyl (C=O) groups excluding carboxylic acids is 5. The molecule has 3 aliphatic heterocycles. The molecule has 15 nitrogen and oxygen atoms in total. The topological polar surface area (TPSA) is 199 Å². The van der Waals surface area contributed by atoms with Crippen LogP contribution in [0.15, 0.2) is 36.1 Å². The standard InChI is InChI=1S/C23H31FNO6PS.C9H14N2O3.C8H16O.C5H11N.C2H6.H2O/c1-14(12-22(2,3)4)30-31-32(29-13-28-21(27)23(5,6)7)19(24)15-8-9-17-16(10-15)11-18(33-17)20(25)26;12-7-10-5-8(6-10)9(13)11-1-3-14-4-2-11;1-7(2)8(3)5-4-6-9;1-6-4-2-3-5-6;1-2;/h8-12,19H,13H2,1-7H3,(H2,25,26);7-8H,1-6H2;6-8H,4-5H2,1-3H3;2-5H2,1H3;1-2H3;1H2/b14-12-;;;;;/t;;8-;;;/m..0.../s1. The second kappa shape index (κ2) is 31.4. The van der Waals surface area contributed by atoms with E-state index in [1.54, 1.807) is 56.9 Å². The van der Waals surface area contributed by atoms with Crippen molar-refractivity contribution in [3.05, 3.63) is 46.5 Å². The molecule has 1 aromatic heterocycles. The summed E-state index contributed by atoms with van der Waals surface area (Å²) in [7, 11) is -0.121. The van der Waals surface area contributed by atoms with Crippen LogP contribution >= 0.6 is 19.7 Å². The number of rotatable bonds is 15. The maximum absolute atomic E-state index is 15.5. The third kappa shape index (κ3) is 24.1. The summed E-state index contributed by atoms with van der Waals surface area (Å²) < 4.78 is 37.3. The van der Waals surface area contributed by atoms with E-state index in [1.165, 1.54) is 37.3 Å². The number of ether oxygens (including phenoxy) is 2. The summed E-state index contributed by atoms with van der Waals surface area (Å²) >= 11 is 1.23. The zero-order chi connectivity index (χ0) is 48.6. The molecule has 0 radical (unpaired) electrons. The Hall–Kier alpha value is -3.57. The first-order valence-electron chi connectivity index (χ1n) is 22.3. The maximum Gasteiger partial charge on any atom is 0.313 e. The van der Waals surface area contributed by atoms with Crippen LogP contribution in [0.2, 0.25) is 0 Å². The van der Waals surface area contributed by atoms with Crippen molar-refractivity contribution in [2.75, 3.05) is 66.3 Å². The molecule has 3 fully saturated rings. The largest absolute Gasteiger partial charge is 0.438 e. The smallest absolute Gasteiger partial charge is 0.313 e. The molecule has 372 valence electrons. The number of benzene rings is 1. The van der Waals surface area contributed by atoms with Crippen LogP contribution in [0.25, 0.3) is 10.1 Å². The summed E-state index contributed by atoms with van der Waals surface area (Å²) in [4.78, 5) is 67.0. The first-order chi connectivity index (χ1) is 30.1. The van der Waals surface area contributed by atoms with Gasteiger partial charge in [0.15, 0.2) is 12.7 Å². The monoisotopic (exact) mass is 959 g/mol. The average molecular weight is 959 g/mol. The second-order valence-corrected chi connectivity index (χ2v) is 20.8. The fourth-order valence-corrected chi connectivity index (χ4v) is 7.89. The lowest BCUT2D eigenvalue weighted by Crippen LogP contribution is -2.55.